The summed E-state index contributed by atoms with van der Waals surface area (Å²) in [6, 6.07) is 46.2. The van der Waals surface area contributed by atoms with Crippen LogP contribution in [0.5, 0.6) is 23.0 Å². The van der Waals surface area contributed by atoms with Crippen LogP contribution in [-0.4, -0.2) is 28.4 Å². The Morgan fingerprint density at radius 3 is 0.851 bits per heavy atom. The Hall–Kier alpha value is -5.88. The molecule has 0 fully saturated rings. The van der Waals surface area contributed by atoms with E-state index in [1.54, 1.807) is 28.4 Å². The highest BCUT2D eigenvalue weighted by Crippen LogP contribution is 2.45. The minimum absolute atomic E-state index is 0.821. The lowest BCUT2D eigenvalue weighted by Gasteiger charge is -2.26. The first-order chi connectivity index (χ1) is 23.1. The van der Waals surface area contributed by atoms with Crippen LogP contribution < -0.4 is 28.7 Å². The zero-order valence-electron chi connectivity index (χ0n) is 26.9. The zero-order valence-corrected chi connectivity index (χ0v) is 26.9. The maximum atomic E-state index is 5.44. The molecule has 0 saturated heterocycles. The van der Waals surface area contributed by atoms with Gasteiger partial charge in [-0.2, -0.15) is 0 Å². The van der Waals surface area contributed by atoms with Crippen LogP contribution in [0.15, 0.2) is 133 Å². The average Bonchev–Trinajstić information content (AvgIpc) is 3.50. The molecule has 0 N–H and O–H groups in total. The Morgan fingerprint density at radius 1 is 0.340 bits per heavy atom. The number of ether oxygens (including phenoxy) is 4. The predicted molar refractivity (Wildman–Crippen MR) is 190 cm³/mol. The first-order valence-electron chi connectivity index (χ1n) is 15.5. The summed E-state index contributed by atoms with van der Waals surface area (Å²) < 4.78 is 21.8. The molecule has 47 heavy (non-hydrogen) atoms. The van der Waals surface area contributed by atoms with Gasteiger partial charge >= 0.3 is 0 Å². The summed E-state index contributed by atoms with van der Waals surface area (Å²) in [5.41, 5.74) is 11.5. The van der Waals surface area contributed by atoms with Crippen LogP contribution in [0.2, 0.25) is 0 Å². The highest BCUT2D eigenvalue weighted by molar-refractivity contribution is 5.86. The van der Waals surface area contributed by atoms with Gasteiger partial charge in [0.2, 0.25) is 0 Å². The summed E-state index contributed by atoms with van der Waals surface area (Å²) in [6.07, 6.45) is 0.838. The Morgan fingerprint density at radius 2 is 0.596 bits per heavy atom. The minimum atomic E-state index is 0.821. The van der Waals surface area contributed by atoms with Gasteiger partial charge in [-0.05, 0) is 150 Å². The van der Waals surface area contributed by atoms with Gasteiger partial charge in [-0.1, -0.05) is 12.1 Å². The molecular formula is C41H36N2O4. The largest absolute Gasteiger partial charge is 0.497 e. The maximum Gasteiger partial charge on any atom is 0.119 e. The zero-order chi connectivity index (χ0) is 32.3. The van der Waals surface area contributed by atoms with Crippen LogP contribution in [0.1, 0.15) is 11.1 Å². The summed E-state index contributed by atoms with van der Waals surface area (Å²) in [6.45, 7) is 0. The number of methoxy groups -OCH3 is 4. The predicted octanol–water partition coefficient (Wildman–Crippen LogP) is 10.2. The molecule has 6 aromatic carbocycles. The van der Waals surface area contributed by atoms with Crippen molar-refractivity contribution in [1.82, 2.24) is 0 Å². The summed E-state index contributed by atoms with van der Waals surface area (Å²) in [5.74, 6) is 3.29. The van der Waals surface area contributed by atoms with E-state index in [1.807, 2.05) is 48.5 Å². The molecule has 0 atom stereocenters. The standard InChI is InChI=1S/C41H36N2O4/c1-44-36-15-5-30(6-16-36)42(31-7-17-37(45-2)18-8-31)34-13-23-40-28(26-34)25-29-27-35(14-24-41(29)40)43(32-9-19-38(46-3)20-10-32)33-11-21-39(47-4)22-12-33/h5-24,26-27H,25H2,1-4H3. The van der Waals surface area contributed by atoms with E-state index >= 15 is 0 Å². The second-order valence-electron chi connectivity index (χ2n) is 11.3. The molecule has 6 nitrogen and oxygen atoms in total. The van der Waals surface area contributed by atoms with Gasteiger partial charge < -0.3 is 28.7 Å². The topological polar surface area (TPSA) is 43.4 Å². The summed E-state index contributed by atoms with van der Waals surface area (Å²) >= 11 is 0. The molecule has 0 bridgehead atoms. The van der Waals surface area contributed by atoms with Gasteiger partial charge in [-0.25, -0.2) is 0 Å². The van der Waals surface area contributed by atoms with E-state index in [9.17, 15) is 0 Å². The van der Waals surface area contributed by atoms with Crippen molar-refractivity contribution >= 4 is 34.1 Å². The SMILES string of the molecule is COc1ccc(N(c2ccc(OC)cc2)c2ccc3c(c2)Cc2cc(N(c4ccc(OC)cc4)c4ccc(OC)cc4)ccc2-3)cc1. The maximum absolute atomic E-state index is 5.44. The van der Waals surface area contributed by atoms with E-state index in [1.165, 1.54) is 22.3 Å². The van der Waals surface area contributed by atoms with Crippen molar-refractivity contribution in [3.05, 3.63) is 145 Å². The summed E-state index contributed by atoms with van der Waals surface area (Å²) in [4.78, 5) is 4.53. The van der Waals surface area contributed by atoms with E-state index < -0.39 is 0 Å². The Kier molecular flexibility index (Phi) is 8.15. The van der Waals surface area contributed by atoms with Crippen LogP contribution in [-0.2, 0) is 6.42 Å². The van der Waals surface area contributed by atoms with Crippen molar-refractivity contribution in [2.24, 2.45) is 0 Å². The molecule has 7 rings (SSSR count). The highest BCUT2D eigenvalue weighted by atomic mass is 16.5. The van der Waals surface area contributed by atoms with Gasteiger partial charge in [0.25, 0.3) is 0 Å². The number of hydrogen-bond donors (Lipinski definition) is 0. The number of benzene rings is 6. The van der Waals surface area contributed by atoms with E-state index in [4.69, 9.17) is 18.9 Å². The molecule has 0 saturated carbocycles. The number of rotatable bonds is 10. The molecule has 0 amide bonds. The summed E-state index contributed by atoms with van der Waals surface area (Å²) in [7, 11) is 6.75. The van der Waals surface area contributed by atoms with Crippen molar-refractivity contribution in [1.29, 1.82) is 0 Å². The van der Waals surface area contributed by atoms with Crippen LogP contribution >= 0.6 is 0 Å². The third-order valence-electron chi connectivity index (χ3n) is 8.69. The second-order valence-corrected chi connectivity index (χ2v) is 11.3. The van der Waals surface area contributed by atoms with Crippen LogP contribution in [0.3, 0.4) is 0 Å². The first kappa shape index (κ1) is 29.8. The molecular weight excluding hydrogens is 584 g/mol. The van der Waals surface area contributed by atoms with E-state index in [2.05, 4.69) is 94.7 Å². The molecule has 0 heterocycles. The van der Waals surface area contributed by atoms with Gasteiger partial charge in [0, 0.05) is 34.1 Å². The lowest BCUT2D eigenvalue weighted by Crippen LogP contribution is -2.10. The third kappa shape index (κ3) is 5.82. The van der Waals surface area contributed by atoms with Gasteiger partial charge in [0.15, 0.2) is 0 Å². The molecule has 1 aliphatic carbocycles. The number of anilines is 6. The van der Waals surface area contributed by atoms with Gasteiger partial charge in [0.05, 0.1) is 28.4 Å². The van der Waals surface area contributed by atoms with Gasteiger partial charge in [-0.3, -0.25) is 0 Å². The van der Waals surface area contributed by atoms with Crippen molar-refractivity contribution in [2.45, 2.75) is 6.42 Å². The fourth-order valence-corrected chi connectivity index (χ4v) is 6.28. The normalized spacial score (nSPS) is 11.3. The van der Waals surface area contributed by atoms with Crippen LogP contribution in [0.25, 0.3) is 11.1 Å². The lowest BCUT2D eigenvalue weighted by molar-refractivity contribution is 0.414. The van der Waals surface area contributed by atoms with Crippen molar-refractivity contribution in [3.63, 3.8) is 0 Å². The fraction of sp³-hybridized carbons (Fsp3) is 0.122. The molecule has 0 radical (unpaired) electrons. The van der Waals surface area contributed by atoms with Crippen molar-refractivity contribution < 1.29 is 18.9 Å². The van der Waals surface area contributed by atoms with Gasteiger partial charge in [-0.15, -0.1) is 0 Å². The number of nitrogens with zero attached hydrogens (tertiary/aromatic N) is 2. The first-order valence-corrected chi connectivity index (χ1v) is 15.5. The molecule has 0 aromatic heterocycles. The second kappa shape index (κ2) is 12.9. The lowest BCUT2D eigenvalue weighted by atomic mass is 10.0. The van der Waals surface area contributed by atoms with E-state index in [-0.39, 0.29) is 0 Å². The summed E-state index contributed by atoms with van der Waals surface area (Å²) in [5, 5.41) is 0. The molecule has 6 heteroatoms. The Balaban J connectivity index is 1.25. The Labute approximate surface area is 276 Å². The fourth-order valence-electron chi connectivity index (χ4n) is 6.28. The van der Waals surface area contributed by atoms with Crippen molar-refractivity contribution in [3.8, 4) is 34.1 Å². The molecule has 0 aliphatic heterocycles. The molecule has 0 unspecified atom stereocenters. The van der Waals surface area contributed by atoms with Crippen molar-refractivity contribution in [2.75, 3.05) is 38.2 Å². The van der Waals surface area contributed by atoms with Crippen LogP contribution in [0, 0.1) is 0 Å². The minimum Gasteiger partial charge on any atom is -0.497 e. The van der Waals surface area contributed by atoms with Crippen LogP contribution in [0.4, 0.5) is 34.1 Å². The average molecular weight is 621 g/mol. The third-order valence-corrected chi connectivity index (χ3v) is 8.69. The molecule has 6 aromatic rings. The van der Waals surface area contributed by atoms with E-state index in [0.717, 1.165) is 63.5 Å². The molecule has 1 aliphatic rings. The van der Waals surface area contributed by atoms with E-state index in [0.29, 0.717) is 0 Å². The smallest absolute Gasteiger partial charge is 0.119 e. The molecule has 0 spiro atoms. The van der Waals surface area contributed by atoms with Gasteiger partial charge in [0.1, 0.15) is 23.0 Å². The quantitative estimate of drug-likeness (QED) is 0.152. The Bertz CT molecular complexity index is 1750. The number of fused-ring (bicyclic) bond motifs is 3. The monoisotopic (exact) mass is 620 g/mol. The number of hydrogen-bond acceptors (Lipinski definition) is 6. The highest BCUT2D eigenvalue weighted by Gasteiger charge is 2.23. The molecule has 234 valence electrons.